The van der Waals surface area contributed by atoms with Crippen molar-refractivity contribution < 1.29 is 0 Å². The van der Waals surface area contributed by atoms with Crippen LogP contribution in [0.15, 0.2) is 0 Å². The molecule has 1 saturated heterocycles. The van der Waals surface area contributed by atoms with Crippen LogP contribution in [0.3, 0.4) is 0 Å². The fraction of sp³-hybridized carbons (Fsp3) is 1.00. The van der Waals surface area contributed by atoms with Crippen LogP contribution in [0.25, 0.3) is 0 Å². The third-order valence-electron chi connectivity index (χ3n) is 4.88. The molecule has 2 atom stereocenters. The maximum atomic E-state index is 2.68. The van der Waals surface area contributed by atoms with Gasteiger partial charge in [0, 0.05) is 12.6 Å². The normalized spacial score (nSPS) is 37.6. The summed E-state index contributed by atoms with van der Waals surface area (Å²) in [5, 5.41) is 0. The molecule has 1 spiro atoms. The lowest BCUT2D eigenvalue weighted by molar-refractivity contribution is 0.216. The summed E-state index contributed by atoms with van der Waals surface area (Å²) in [5.74, 6) is 1.91. The maximum Gasteiger partial charge on any atom is 0.00413 e. The molecule has 88 valence electrons. The van der Waals surface area contributed by atoms with E-state index in [4.69, 9.17) is 0 Å². The molecule has 15 heavy (non-hydrogen) atoms. The van der Waals surface area contributed by atoms with Gasteiger partial charge in [0.2, 0.25) is 0 Å². The van der Waals surface area contributed by atoms with E-state index in [2.05, 4.69) is 32.6 Å². The molecule has 0 amide bonds. The Kier molecular flexibility index (Phi) is 3.12. The maximum absolute atomic E-state index is 2.68. The van der Waals surface area contributed by atoms with E-state index in [1.807, 2.05) is 0 Å². The topological polar surface area (TPSA) is 3.24 Å². The van der Waals surface area contributed by atoms with Crippen molar-refractivity contribution in [1.29, 1.82) is 0 Å². The zero-order chi connectivity index (χ0) is 11.1. The minimum atomic E-state index is 0.721. The molecule has 0 bridgehead atoms. The van der Waals surface area contributed by atoms with Crippen LogP contribution in [0.4, 0.5) is 0 Å². The fourth-order valence-electron chi connectivity index (χ4n) is 3.60. The Morgan fingerprint density at radius 3 is 2.33 bits per heavy atom. The van der Waals surface area contributed by atoms with Crippen molar-refractivity contribution in [3.05, 3.63) is 0 Å². The molecule has 0 aromatic heterocycles. The summed E-state index contributed by atoms with van der Waals surface area (Å²) >= 11 is 0. The van der Waals surface area contributed by atoms with Crippen molar-refractivity contribution in [3.8, 4) is 0 Å². The minimum Gasteiger partial charge on any atom is -0.300 e. The van der Waals surface area contributed by atoms with Gasteiger partial charge in [-0.25, -0.2) is 0 Å². The molecule has 0 N–H and O–H groups in total. The molecule has 1 saturated carbocycles. The summed E-state index contributed by atoms with van der Waals surface area (Å²) in [6, 6.07) is 0.752. The Morgan fingerprint density at radius 2 is 1.87 bits per heavy atom. The summed E-state index contributed by atoms with van der Waals surface area (Å²) < 4.78 is 0. The van der Waals surface area contributed by atoms with Crippen LogP contribution in [-0.2, 0) is 0 Å². The molecule has 2 rings (SSSR count). The Morgan fingerprint density at radius 1 is 1.13 bits per heavy atom. The van der Waals surface area contributed by atoms with Gasteiger partial charge in [-0.05, 0) is 63.3 Å². The predicted octanol–water partition coefficient (Wildman–Crippen LogP) is 3.54. The largest absolute Gasteiger partial charge is 0.300 e. The Labute approximate surface area is 95.2 Å². The van der Waals surface area contributed by atoms with Crippen LogP contribution >= 0.6 is 0 Å². The monoisotopic (exact) mass is 209 g/mol. The highest BCUT2D eigenvalue weighted by Crippen LogP contribution is 2.50. The van der Waals surface area contributed by atoms with Crippen molar-refractivity contribution in [2.75, 3.05) is 13.1 Å². The third-order valence-corrected chi connectivity index (χ3v) is 4.88. The first-order valence-electron chi connectivity index (χ1n) is 6.76. The van der Waals surface area contributed by atoms with E-state index in [9.17, 15) is 0 Å². The molecular weight excluding hydrogens is 182 g/mol. The molecule has 2 fully saturated rings. The molecule has 0 radical (unpaired) electrons. The summed E-state index contributed by atoms with van der Waals surface area (Å²) in [6.45, 7) is 12.2. The smallest absolute Gasteiger partial charge is 0.00413 e. The number of rotatable bonds is 2. The quantitative estimate of drug-likeness (QED) is 0.672. The average molecular weight is 209 g/mol. The van der Waals surface area contributed by atoms with Crippen molar-refractivity contribution >= 4 is 0 Å². The molecule has 1 aliphatic heterocycles. The van der Waals surface area contributed by atoms with Crippen LogP contribution in [0, 0.1) is 17.3 Å². The van der Waals surface area contributed by atoms with Gasteiger partial charge in [0.1, 0.15) is 0 Å². The Hall–Kier alpha value is -0.0400. The van der Waals surface area contributed by atoms with E-state index in [0.29, 0.717) is 0 Å². The van der Waals surface area contributed by atoms with Crippen LogP contribution in [-0.4, -0.2) is 24.0 Å². The van der Waals surface area contributed by atoms with E-state index < -0.39 is 0 Å². The summed E-state index contributed by atoms with van der Waals surface area (Å²) in [6.07, 6.45) is 5.96. The van der Waals surface area contributed by atoms with Crippen molar-refractivity contribution in [1.82, 2.24) is 4.90 Å². The van der Waals surface area contributed by atoms with Gasteiger partial charge in [0.15, 0.2) is 0 Å². The number of hydrogen-bond donors (Lipinski definition) is 0. The van der Waals surface area contributed by atoms with E-state index >= 15 is 0 Å². The minimum absolute atomic E-state index is 0.721. The highest BCUT2D eigenvalue weighted by Gasteiger charge is 2.44. The first kappa shape index (κ1) is 11.4. The lowest BCUT2D eigenvalue weighted by Gasteiger charge is -2.27. The van der Waals surface area contributed by atoms with E-state index in [1.54, 1.807) is 0 Å². The van der Waals surface area contributed by atoms with Gasteiger partial charge in [-0.15, -0.1) is 0 Å². The molecule has 1 heterocycles. The number of nitrogens with zero attached hydrogens (tertiary/aromatic N) is 1. The van der Waals surface area contributed by atoms with Crippen LogP contribution in [0.1, 0.15) is 53.4 Å². The molecule has 0 aromatic carbocycles. The number of hydrogen-bond acceptors (Lipinski definition) is 1. The van der Waals surface area contributed by atoms with Gasteiger partial charge in [-0.3, -0.25) is 0 Å². The third kappa shape index (κ3) is 2.22. The predicted molar refractivity (Wildman–Crippen MR) is 65.9 cm³/mol. The van der Waals surface area contributed by atoms with Gasteiger partial charge in [-0.1, -0.05) is 13.8 Å². The summed E-state index contributed by atoms with van der Waals surface area (Å²) in [7, 11) is 0. The molecule has 1 nitrogen and oxygen atoms in total. The lowest BCUT2D eigenvalue weighted by Crippen LogP contribution is -2.31. The summed E-state index contributed by atoms with van der Waals surface area (Å²) in [4.78, 5) is 2.68. The van der Waals surface area contributed by atoms with Crippen LogP contribution < -0.4 is 0 Å². The zero-order valence-corrected chi connectivity index (χ0v) is 10.9. The number of likely N-dealkylation sites (tertiary alicyclic amines) is 1. The van der Waals surface area contributed by atoms with E-state index in [0.717, 1.165) is 23.3 Å². The Balaban J connectivity index is 1.95. The van der Waals surface area contributed by atoms with Crippen molar-refractivity contribution in [2.45, 2.75) is 59.4 Å². The van der Waals surface area contributed by atoms with E-state index in [1.165, 1.54) is 38.8 Å². The van der Waals surface area contributed by atoms with Crippen molar-refractivity contribution in [2.24, 2.45) is 17.3 Å². The SMILES string of the molecule is CC(C)C1CCC2(CCN(C(C)C)C2)C1. The second-order valence-electron chi connectivity index (χ2n) is 6.56. The van der Waals surface area contributed by atoms with Gasteiger partial charge < -0.3 is 4.90 Å². The molecule has 0 aromatic rings. The highest BCUT2D eigenvalue weighted by atomic mass is 15.2. The fourth-order valence-corrected chi connectivity index (χ4v) is 3.60. The standard InChI is InChI=1S/C14H27N/c1-11(2)13-5-6-14(9-13)7-8-15(10-14)12(3)4/h11-13H,5-10H2,1-4H3. The Bertz CT molecular complexity index is 195. The molecule has 2 unspecified atom stereocenters. The average Bonchev–Trinajstić information content (AvgIpc) is 2.74. The van der Waals surface area contributed by atoms with Gasteiger partial charge in [0.25, 0.3) is 0 Å². The molecule has 1 aliphatic carbocycles. The van der Waals surface area contributed by atoms with Gasteiger partial charge in [0.05, 0.1) is 0 Å². The first-order valence-corrected chi connectivity index (χ1v) is 6.76. The first-order chi connectivity index (χ1) is 7.02. The van der Waals surface area contributed by atoms with Gasteiger partial charge in [-0.2, -0.15) is 0 Å². The van der Waals surface area contributed by atoms with Crippen molar-refractivity contribution in [3.63, 3.8) is 0 Å². The van der Waals surface area contributed by atoms with Gasteiger partial charge >= 0.3 is 0 Å². The highest BCUT2D eigenvalue weighted by molar-refractivity contribution is 4.97. The van der Waals surface area contributed by atoms with Crippen LogP contribution in [0.5, 0.6) is 0 Å². The molecule has 2 aliphatic rings. The summed E-state index contributed by atoms with van der Waals surface area (Å²) in [5.41, 5.74) is 0.721. The lowest BCUT2D eigenvalue weighted by atomic mass is 9.82. The second kappa shape index (κ2) is 4.08. The van der Waals surface area contributed by atoms with E-state index in [-0.39, 0.29) is 0 Å². The second-order valence-corrected chi connectivity index (χ2v) is 6.56. The molecular formula is C14H27N. The zero-order valence-electron chi connectivity index (χ0n) is 10.9. The molecule has 1 heteroatoms. The van der Waals surface area contributed by atoms with Crippen LogP contribution in [0.2, 0.25) is 0 Å².